The molecule has 0 amide bonds. The third-order valence-electron chi connectivity index (χ3n) is 2.63. The molecule has 1 rings (SSSR count). The molecule has 0 radical (unpaired) electrons. The summed E-state index contributed by atoms with van der Waals surface area (Å²) in [5.41, 5.74) is 1.06. The predicted molar refractivity (Wildman–Crippen MR) is 59.5 cm³/mol. The smallest absolute Gasteiger partial charge is 0.165 e. The highest BCUT2D eigenvalue weighted by atomic mass is 19.1. The van der Waals surface area contributed by atoms with E-state index >= 15 is 0 Å². The van der Waals surface area contributed by atoms with Crippen molar-refractivity contribution in [2.75, 3.05) is 0 Å². The van der Waals surface area contributed by atoms with Gasteiger partial charge in [-0.1, -0.05) is 32.4 Å². The van der Waals surface area contributed by atoms with Crippen LogP contribution in [0, 0.1) is 18.7 Å². The van der Waals surface area contributed by atoms with E-state index in [4.69, 9.17) is 0 Å². The fourth-order valence-corrected chi connectivity index (χ4v) is 1.59. The fraction of sp³-hybridized carbons (Fsp3) is 0.462. The number of rotatable bonds is 4. The molecule has 1 nitrogen and oxygen atoms in total. The van der Waals surface area contributed by atoms with Crippen LogP contribution in [0.3, 0.4) is 0 Å². The Morgan fingerprint density at radius 2 is 2.13 bits per heavy atom. The van der Waals surface area contributed by atoms with E-state index in [0.717, 1.165) is 12.8 Å². The van der Waals surface area contributed by atoms with E-state index < -0.39 is 0 Å². The van der Waals surface area contributed by atoms with Crippen molar-refractivity contribution < 1.29 is 9.18 Å². The highest BCUT2D eigenvalue weighted by molar-refractivity contribution is 5.97. The Balaban J connectivity index is 2.87. The Kier molecular flexibility index (Phi) is 4.01. The second kappa shape index (κ2) is 5.06. The third-order valence-corrected chi connectivity index (χ3v) is 2.63. The molecule has 0 aliphatic heterocycles. The lowest BCUT2D eigenvalue weighted by Crippen LogP contribution is -2.11. The lowest BCUT2D eigenvalue weighted by Gasteiger charge is -2.09. The average molecular weight is 208 g/mol. The maximum atomic E-state index is 13.2. The molecule has 1 unspecified atom stereocenters. The van der Waals surface area contributed by atoms with Crippen LogP contribution in [0.4, 0.5) is 4.39 Å². The van der Waals surface area contributed by atoms with Crippen LogP contribution in [0.25, 0.3) is 0 Å². The summed E-state index contributed by atoms with van der Waals surface area (Å²) in [4.78, 5) is 11.8. The Labute approximate surface area is 90.3 Å². The molecular formula is C13H17FO. The first kappa shape index (κ1) is 11.9. The van der Waals surface area contributed by atoms with E-state index in [0.29, 0.717) is 11.1 Å². The molecule has 1 atom stereocenters. The fourth-order valence-electron chi connectivity index (χ4n) is 1.59. The van der Waals surface area contributed by atoms with Gasteiger partial charge in [0.15, 0.2) is 5.78 Å². The monoisotopic (exact) mass is 208 g/mol. The van der Waals surface area contributed by atoms with Gasteiger partial charge in [0, 0.05) is 11.5 Å². The maximum absolute atomic E-state index is 13.2. The molecule has 1 aromatic carbocycles. The SMILES string of the molecule is CCCC(C)C(=O)c1ccc(C)c(F)c1. The van der Waals surface area contributed by atoms with Crippen molar-refractivity contribution in [3.05, 3.63) is 35.1 Å². The van der Waals surface area contributed by atoms with Gasteiger partial charge in [0.1, 0.15) is 5.82 Å². The highest BCUT2D eigenvalue weighted by Gasteiger charge is 2.15. The second-order valence-electron chi connectivity index (χ2n) is 4.02. The average Bonchev–Trinajstić information content (AvgIpc) is 2.21. The van der Waals surface area contributed by atoms with Crippen LogP contribution in [-0.2, 0) is 0 Å². The van der Waals surface area contributed by atoms with Gasteiger partial charge in [-0.05, 0) is 25.0 Å². The lowest BCUT2D eigenvalue weighted by atomic mass is 9.95. The van der Waals surface area contributed by atoms with Crippen LogP contribution < -0.4 is 0 Å². The molecule has 0 aromatic heterocycles. The van der Waals surface area contributed by atoms with Crippen LogP contribution in [0.15, 0.2) is 18.2 Å². The summed E-state index contributed by atoms with van der Waals surface area (Å²) < 4.78 is 13.2. The summed E-state index contributed by atoms with van der Waals surface area (Å²) >= 11 is 0. The Morgan fingerprint density at radius 3 is 2.67 bits per heavy atom. The van der Waals surface area contributed by atoms with Crippen molar-refractivity contribution in [1.29, 1.82) is 0 Å². The summed E-state index contributed by atoms with van der Waals surface area (Å²) in [5.74, 6) is -0.280. The first-order valence-corrected chi connectivity index (χ1v) is 5.36. The number of carbonyl (C=O) groups is 1. The molecule has 0 spiro atoms. The molecule has 0 aliphatic rings. The lowest BCUT2D eigenvalue weighted by molar-refractivity contribution is 0.0923. The molecule has 82 valence electrons. The van der Waals surface area contributed by atoms with Gasteiger partial charge in [-0.2, -0.15) is 0 Å². The molecule has 0 bridgehead atoms. The molecule has 1 aromatic rings. The van der Waals surface area contributed by atoms with Crippen LogP contribution in [-0.4, -0.2) is 5.78 Å². The minimum Gasteiger partial charge on any atom is -0.294 e. The number of hydrogen-bond acceptors (Lipinski definition) is 1. The van der Waals surface area contributed by atoms with E-state index in [9.17, 15) is 9.18 Å². The third kappa shape index (κ3) is 2.88. The Bertz CT molecular complexity index is 358. The van der Waals surface area contributed by atoms with Gasteiger partial charge in [0.05, 0.1) is 0 Å². The first-order valence-electron chi connectivity index (χ1n) is 5.36. The molecule has 15 heavy (non-hydrogen) atoms. The number of aryl methyl sites for hydroxylation is 1. The highest BCUT2D eigenvalue weighted by Crippen LogP contribution is 2.16. The molecule has 0 aliphatic carbocycles. The standard InChI is InChI=1S/C13H17FO/c1-4-5-10(3)13(15)11-7-6-9(2)12(14)8-11/h6-8,10H,4-5H2,1-3H3. The predicted octanol–water partition coefficient (Wildman–Crippen LogP) is 3.75. The first-order chi connectivity index (χ1) is 7.06. The van der Waals surface area contributed by atoms with E-state index in [2.05, 4.69) is 0 Å². The van der Waals surface area contributed by atoms with E-state index in [1.807, 2.05) is 13.8 Å². The summed E-state index contributed by atoms with van der Waals surface area (Å²) in [5, 5.41) is 0. The number of halogens is 1. The molecule has 0 saturated carbocycles. The minimum atomic E-state index is -0.301. The summed E-state index contributed by atoms with van der Waals surface area (Å²) in [6.45, 7) is 5.63. The van der Waals surface area contributed by atoms with Crippen molar-refractivity contribution in [3.8, 4) is 0 Å². The van der Waals surface area contributed by atoms with Crippen molar-refractivity contribution >= 4 is 5.78 Å². The van der Waals surface area contributed by atoms with Crippen molar-refractivity contribution in [2.24, 2.45) is 5.92 Å². The largest absolute Gasteiger partial charge is 0.294 e. The van der Waals surface area contributed by atoms with Crippen molar-refractivity contribution in [3.63, 3.8) is 0 Å². The Hall–Kier alpha value is -1.18. The topological polar surface area (TPSA) is 17.1 Å². The van der Waals surface area contributed by atoms with E-state index in [-0.39, 0.29) is 17.5 Å². The molecule has 2 heteroatoms. The summed E-state index contributed by atoms with van der Waals surface area (Å²) in [6.07, 6.45) is 1.83. The zero-order valence-corrected chi connectivity index (χ0v) is 9.51. The van der Waals surface area contributed by atoms with Gasteiger partial charge < -0.3 is 0 Å². The number of carbonyl (C=O) groups excluding carboxylic acids is 1. The van der Waals surface area contributed by atoms with Crippen molar-refractivity contribution in [1.82, 2.24) is 0 Å². The van der Waals surface area contributed by atoms with Gasteiger partial charge in [0.2, 0.25) is 0 Å². The quantitative estimate of drug-likeness (QED) is 0.689. The van der Waals surface area contributed by atoms with Gasteiger partial charge in [0.25, 0.3) is 0 Å². The number of ketones is 1. The second-order valence-corrected chi connectivity index (χ2v) is 4.02. The van der Waals surface area contributed by atoms with E-state index in [1.54, 1.807) is 19.1 Å². The molecule has 0 N–H and O–H groups in total. The van der Waals surface area contributed by atoms with Crippen molar-refractivity contribution in [2.45, 2.75) is 33.6 Å². The number of hydrogen-bond donors (Lipinski definition) is 0. The molecule has 0 heterocycles. The minimum absolute atomic E-state index is 0.0166. The summed E-state index contributed by atoms with van der Waals surface area (Å²) in [7, 11) is 0. The number of benzene rings is 1. The zero-order valence-electron chi connectivity index (χ0n) is 9.51. The molecule has 0 fully saturated rings. The zero-order chi connectivity index (χ0) is 11.4. The van der Waals surface area contributed by atoms with Gasteiger partial charge in [-0.25, -0.2) is 4.39 Å². The van der Waals surface area contributed by atoms with Crippen LogP contribution >= 0.6 is 0 Å². The maximum Gasteiger partial charge on any atom is 0.165 e. The van der Waals surface area contributed by atoms with Crippen LogP contribution in [0.2, 0.25) is 0 Å². The van der Waals surface area contributed by atoms with E-state index in [1.165, 1.54) is 6.07 Å². The normalized spacial score (nSPS) is 12.5. The van der Waals surface area contributed by atoms with Gasteiger partial charge in [-0.3, -0.25) is 4.79 Å². The molecule has 0 saturated heterocycles. The van der Waals surface area contributed by atoms with Crippen LogP contribution in [0.1, 0.15) is 42.6 Å². The Morgan fingerprint density at radius 1 is 1.47 bits per heavy atom. The van der Waals surface area contributed by atoms with Gasteiger partial charge >= 0.3 is 0 Å². The van der Waals surface area contributed by atoms with Gasteiger partial charge in [-0.15, -0.1) is 0 Å². The number of Topliss-reactive ketones (excluding diaryl/α,β-unsaturated/α-hetero) is 1. The van der Waals surface area contributed by atoms with Crippen LogP contribution in [0.5, 0.6) is 0 Å². The molecular weight excluding hydrogens is 191 g/mol. The summed E-state index contributed by atoms with van der Waals surface area (Å²) in [6, 6.07) is 4.69.